The van der Waals surface area contributed by atoms with Gasteiger partial charge in [-0.15, -0.1) is 0 Å². The molecule has 6 heteroatoms. The highest BCUT2D eigenvalue weighted by atomic mass is 35.5. The molecule has 0 saturated carbocycles. The van der Waals surface area contributed by atoms with Gasteiger partial charge < -0.3 is 4.42 Å². The standard InChI is InChI=1S/C13H8ClNO4/c14-10-5-3-9(8-11(10)15(17)18)4-6-12(16)13-2-1-7-19-13/h1-8H/b6-4+. The zero-order valence-electron chi connectivity index (χ0n) is 9.58. The first-order chi connectivity index (χ1) is 9.08. The molecule has 0 radical (unpaired) electrons. The fourth-order valence-electron chi connectivity index (χ4n) is 1.45. The second-order valence-electron chi connectivity index (χ2n) is 3.64. The SMILES string of the molecule is O=C(/C=C/c1ccc(Cl)c([N+](=O)[O-])c1)c1ccco1. The van der Waals surface area contributed by atoms with Gasteiger partial charge in [0.1, 0.15) is 5.02 Å². The molecule has 1 heterocycles. The van der Waals surface area contributed by atoms with E-state index < -0.39 is 4.92 Å². The van der Waals surface area contributed by atoms with Crippen LogP contribution in [0.5, 0.6) is 0 Å². The maximum Gasteiger partial charge on any atom is 0.288 e. The van der Waals surface area contributed by atoms with Crippen LogP contribution < -0.4 is 0 Å². The van der Waals surface area contributed by atoms with Crippen LogP contribution in [0, 0.1) is 10.1 Å². The Balaban J connectivity index is 2.22. The van der Waals surface area contributed by atoms with Crippen molar-refractivity contribution in [2.75, 3.05) is 0 Å². The number of ketones is 1. The van der Waals surface area contributed by atoms with Gasteiger partial charge >= 0.3 is 0 Å². The summed E-state index contributed by atoms with van der Waals surface area (Å²) in [5.41, 5.74) is 0.310. The largest absolute Gasteiger partial charge is 0.461 e. The van der Waals surface area contributed by atoms with Gasteiger partial charge in [0.2, 0.25) is 5.78 Å². The number of furan rings is 1. The van der Waals surface area contributed by atoms with Crippen molar-refractivity contribution in [2.45, 2.75) is 0 Å². The number of nitro benzene ring substituents is 1. The van der Waals surface area contributed by atoms with Gasteiger partial charge in [-0.25, -0.2) is 0 Å². The van der Waals surface area contributed by atoms with Crippen molar-refractivity contribution in [1.29, 1.82) is 0 Å². The lowest BCUT2D eigenvalue weighted by molar-refractivity contribution is -0.384. The lowest BCUT2D eigenvalue weighted by atomic mass is 10.1. The molecule has 19 heavy (non-hydrogen) atoms. The van der Waals surface area contributed by atoms with Crippen molar-refractivity contribution < 1.29 is 14.1 Å². The highest BCUT2D eigenvalue weighted by Gasteiger charge is 2.12. The van der Waals surface area contributed by atoms with Gasteiger partial charge in [0.25, 0.3) is 5.69 Å². The Morgan fingerprint density at radius 3 is 2.79 bits per heavy atom. The summed E-state index contributed by atoms with van der Waals surface area (Å²) < 4.78 is 4.93. The number of hydrogen-bond donors (Lipinski definition) is 0. The average Bonchev–Trinajstić information content (AvgIpc) is 2.91. The summed E-state index contributed by atoms with van der Waals surface area (Å²) in [6.45, 7) is 0. The zero-order chi connectivity index (χ0) is 13.8. The van der Waals surface area contributed by atoms with Crippen LogP contribution in [0.3, 0.4) is 0 Å². The van der Waals surface area contributed by atoms with Crippen LogP contribution >= 0.6 is 11.6 Å². The van der Waals surface area contributed by atoms with Crippen molar-refractivity contribution in [3.8, 4) is 0 Å². The molecule has 0 bridgehead atoms. The number of rotatable bonds is 4. The Labute approximate surface area is 113 Å². The summed E-state index contributed by atoms with van der Waals surface area (Å²) in [4.78, 5) is 21.8. The van der Waals surface area contributed by atoms with Crippen molar-refractivity contribution >= 4 is 29.1 Å². The van der Waals surface area contributed by atoms with E-state index in [2.05, 4.69) is 0 Å². The second-order valence-corrected chi connectivity index (χ2v) is 4.05. The maximum absolute atomic E-state index is 11.6. The third kappa shape index (κ3) is 3.08. The van der Waals surface area contributed by atoms with Gasteiger partial charge in [0.15, 0.2) is 5.76 Å². The second kappa shape index (κ2) is 5.49. The minimum Gasteiger partial charge on any atom is -0.461 e. The first-order valence-electron chi connectivity index (χ1n) is 5.28. The quantitative estimate of drug-likeness (QED) is 0.369. The van der Waals surface area contributed by atoms with Gasteiger partial charge in [0.05, 0.1) is 11.2 Å². The Kier molecular flexibility index (Phi) is 3.77. The van der Waals surface area contributed by atoms with E-state index in [0.717, 1.165) is 0 Å². The normalized spacial score (nSPS) is 10.8. The predicted molar refractivity (Wildman–Crippen MR) is 70.2 cm³/mol. The minimum atomic E-state index is -0.575. The number of nitro groups is 1. The number of carbonyl (C=O) groups is 1. The highest BCUT2D eigenvalue weighted by molar-refractivity contribution is 6.32. The maximum atomic E-state index is 11.6. The summed E-state index contributed by atoms with van der Waals surface area (Å²) in [6, 6.07) is 7.44. The third-order valence-electron chi connectivity index (χ3n) is 2.36. The minimum absolute atomic E-state index is 0.0551. The lowest BCUT2D eigenvalue weighted by Gasteiger charge is -1.97. The molecule has 0 unspecified atom stereocenters. The fraction of sp³-hybridized carbons (Fsp3) is 0. The molecule has 0 N–H and O–H groups in total. The van der Waals surface area contributed by atoms with Crippen molar-refractivity contribution in [2.24, 2.45) is 0 Å². The molecular weight excluding hydrogens is 270 g/mol. The van der Waals surface area contributed by atoms with E-state index in [0.29, 0.717) is 5.56 Å². The Hall–Kier alpha value is -2.40. The average molecular weight is 278 g/mol. The van der Waals surface area contributed by atoms with Crippen LogP contribution in [-0.4, -0.2) is 10.7 Å². The van der Waals surface area contributed by atoms with Gasteiger partial charge in [-0.2, -0.15) is 0 Å². The molecule has 0 aliphatic rings. The van der Waals surface area contributed by atoms with E-state index in [-0.39, 0.29) is 22.3 Å². The number of benzene rings is 1. The molecule has 0 saturated heterocycles. The molecule has 0 spiro atoms. The molecule has 0 aliphatic carbocycles. The number of hydrogen-bond acceptors (Lipinski definition) is 4. The predicted octanol–water partition coefficient (Wildman–Crippen LogP) is 3.74. The molecule has 2 rings (SSSR count). The van der Waals surface area contributed by atoms with Crippen LogP contribution in [0.4, 0.5) is 5.69 Å². The molecular formula is C13H8ClNO4. The topological polar surface area (TPSA) is 73.3 Å². The lowest BCUT2D eigenvalue weighted by Crippen LogP contribution is -1.91. The molecule has 0 aliphatic heterocycles. The number of halogens is 1. The van der Waals surface area contributed by atoms with E-state index in [1.165, 1.54) is 36.6 Å². The van der Waals surface area contributed by atoms with Gasteiger partial charge in [-0.3, -0.25) is 14.9 Å². The summed E-state index contributed by atoms with van der Waals surface area (Å²) >= 11 is 5.69. The van der Waals surface area contributed by atoms with E-state index in [9.17, 15) is 14.9 Å². The first-order valence-corrected chi connectivity index (χ1v) is 5.65. The fourth-order valence-corrected chi connectivity index (χ4v) is 1.63. The molecule has 0 amide bonds. The van der Waals surface area contributed by atoms with Crippen LogP contribution in [0.1, 0.15) is 16.1 Å². The molecule has 96 valence electrons. The first kappa shape index (κ1) is 13.0. The molecule has 0 fully saturated rings. The zero-order valence-corrected chi connectivity index (χ0v) is 10.3. The Morgan fingerprint density at radius 2 is 2.16 bits per heavy atom. The van der Waals surface area contributed by atoms with Gasteiger partial charge in [-0.1, -0.05) is 23.7 Å². The van der Waals surface area contributed by atoms with E-state index in [1.54, 1.807) is 12.1 Å². The highest BCUT2D eigenvalue weighted by Crippen LogP contribution is 2.25. The summed E-state index contributed by atoms with van der Waals surface area (Å²) in [7, 11) is 0. The van der Waals surface area contributed by atoms with Crippen LogP contribution in [0.15, 0.2) is 47.1 Å². The number of carbonyl (C=O) groups excluding carboxylic acids is 1. The van der Waals surface area contributed by atoms with Crippen molar-refractivity contribution in [1.82, 2.24) is 0 Å². The van der Waals surface area contributed by atoms with Crippen molar-refractivity contribution in [3.63, 3.8) is 0 Å². The molecule has 1 aromatic heterocycles. The Bertz CT molecular complexity index is 647. The monoisotopic (exact) mass is 277 g/mol. The van der Waals surface area contributed by atoms with E-state index in [1.807, 2.05) is 0 Å². The molecule has 1 aromatic carbocycles. The van der Waals surface area contributed by atoms with E-state index >= 15 is 0 Å². The third-order valence-corrected chi connectivity index (χ3v) is 2.68. The smallest absolute Gasteiger partial charge is 0.288 e. The summed E-state index contributed by atoms with van der Waals surface area (Å²) in [6.07, 6.45) is 4.15. The Morgan fingerprint density at radius 1 is 1.37 bits per heavy atom. The summed E-state index contributed by atoms with van der Waals surface area (Å²) in [5.74, 6) is -0.109. The number of nitrogens with zero attached hydrogens (tertiary/aromatic N) is 1. The van der Waals surface area contributed by atoms with Crippen LogP contribution in [-0.2, 0) is 0 Å². The number of allylic oxidation sites excluding steroid dienone is 1. The van der Waals surface area contributed by atoms with Gasteiger partial charge in [-0.05, 0) is 29.8 Å². The summed E-state index contributed by atoms with van der Waals surface area (Å²) in [5, 5.41) is 10.8. The van der Waals surface area contributed by atoms with Crippen molar-refractivity contribution in [3.05, 3.63) is 69.1 Å². The van der Waals surface area contributed by atoms with Crippen LogP contribution in [0.2, 0.25) is 5.02 Å². The molecule has 2 aromatic rings. The van der Waals surface area contributed by atoms with Crippen LogP contribution in [0.25, 0.3) is 6.08 Å². The molecule has 5 nitrogen and oxygen atoms in total. The van der Waals surface area contributed by atoms with E-state index in [4.69, 9.17) is 16.0 Å². The molecule has 0 atom stereocenters. The van der Waals surface area contributed by atoms with Gasteiger partial charge in [0, 0.05) is 6.07 Å².